The van der Waals surface area contributed by atoms with Crippen molar-refractivity contribution in [1.82, 2.24) is 15.5 Å². The van der Waals surface area contributed by atoms with Crippen LogP contribution in [-0.4, -0.2) is 39.3 Å². The molecule has 96 valence electrons. The van der Waals surface area contributed by atoms with Crippen LogP contribution in [0.2, 0.25) is 0 Å². The Morgan fingerprint density at radius 1 is 1.29 bits per heavy atom. The van der Waals surface area contributed by atoms with E-state index in [2.05, 4.69) is 59.8 Å². The Morgan fingerprint density at radius 3 is 2.47 bits per heavy atom. The Bertz CT molecular complexity index is 337. The Hall–Kier alpha value is -0.130. The van der Waals surface area contributed by atoms with Crippen molar-refractivity contribution in [3.8, 4) is 0 Å². The summed E-state index contributed by atoms with van der Waals surface area (Å²) in [5.74, 6) is 5.04. The van der Waals surface area contributed by atoms with Gasteiger partial charge in [0.2, 0.25) is 0 Å². The van der Waals surface area contributed by atoms with E-state index in [0.717, 1.165) is 5.69 Å². The lowest BCUT2D eigenvalue weighted by Crippen LogP contribution is -2.35. The normalized spacial score (nSPS) is 20.2. The molecular formula is C12H21N3S2. The van der Waals surface area contributed by atoms with Crippen molar-refractivity contribution >= 4 is 23.5 Å². The molecule has 3 nitrogen and oxygen atoms in total. The molecule has 1 saturated heterocycles. The van der Waals surface area contributed by atoms with Gasteiger partial charge in [0.05, 0.1) is 5.69 Å². The molecule has 0 radical (unpaired) electrons. The van der Waals surface area contributed by atoms with Crippen LogP contribution >= 0.6 is 23.5 Å². The van der Waals surface area contributed by atoms with Crippen molar-refractivity contribution < 1.29 is 0 Å². The van der Waals surface area contributed by atoms with Crippen LogP contribution in [0.5, 0.6) is 0 Å². The lowest BCUT2D eigenvalue weighted by molar-refractivity contribution is 0.513. The second-order valence-corrected chi connectivity index (χ2v) is 6.88. The average Bonchev–Trinajstić information content (AvgIpc) is 2.53. The highest BCUT2D eigenvalue weighted by molar-refractivity contribution is 8.03. The molecule has 1 aliphatic heterocycles. The number of aromatic amines is 1. The lowest BCUT2D eigenvalue weighted by Gasteiger charge is -2.21. The summed E-state index contributed by atoms with van der Waals surface area (Å²) in [6, 6.07) is 1.01. The minimum Gasteiger partial charge on any atom is -0.306 e. The van der Waals surface area contributed by atoms with Crippen molar-refractivity contribution in [2.24, 2.45) is 0 Å². The number of nitrogens with one attached hydrogen (secondary N) is 2. The second-order valence-electron chi connectivity index (χ2n) is 4.58. The molecule has 17 heavy (non-hydrogen) atoms. The van der Waals surface area contributed by atoms with Crippen LogP contribution in [0.4, 0.5) is 0 Å². The second kappa shape index (κ2) is 6.16. The minimum atomic E-state index is 0.387. The third-order valence-corrected chi connectivity index (χ3v) is 5.63. The predicted molar refractivity (Wildman–Crippen MR) is 78.1 cm³/mol. The first-order valence-corrected chi connectivity index (χ1v) is 8.42. The van der Waals surface area contributed by atoms with E-state index in [1.54, 1.807) is 0 Å². The number of hydrogen-bond acceptors (Lipinski definition) is 4. The molecule has 0 saturated carbocycles. The Kier molecular flexibility index (Phi) is 4.82. The first-order chi connectivity index (χ1) is 8.18. The number of aryl methyl sites for hydroxylation is 2. The molecule has 0 unspecified atom stereocenters. The van der Waals surface area contributed by atoms with Crippen LogP contribution < -0.4 is 5.32 Å². The van der Waals surface area contributed by atoms with Gasteiger partial charge in [0, 0.05) is 46.4 Å². The highest BCUT2D eigenvalue weighted by Crippen LogP contribution is 2.22. The van der Waals surface area contributed by atoms with E-state index in [1.165, 1.54) is 34.3 Å². The summed E-state index contributed by atoms with van der Waals surface area (Å²) >= 11 is 4.13. The fraction of sp³-hybridized carbons (Fsp3) is 0.750. The SMILES string of the molecule is Cc1n[nH]c(C)c1[C@H](C)NC1CSCCSC1. The van der Waals surface area contributed by atoms with E-state index >= 15 is 0 Å². The maximum absolute atomic E-state index is 4.27. The number of thioether (sulfide) groups is 2. The van der Waals surface area contributed by atoms with Crippen LogP contribution in [0.15, 0.2) is 0 Å². The summed E-state index contributed by atoms with van der Waals surface area (Å²) in [5.41, 5.74) is 3.65. The van der Waals surface area contributed by atoms with Gasteiger partial charge in [-0.1, -0.05) is 0 Å². The predicted octanol–water partition coefficient (Wildman–Crippen LogP) is 2.53. The highest BCUT2D eigenvalue weighted by atomic mass is 32.2. The fourth-order valence-electron chi connectivity index (χ4n) is 2.35. The number of nitrogens with zero attached hydrogens (tertiary/aromatic N) is 1. The van der Waals surface area contributed by atoms with Gasteiger partial charge >= 0.3 is 0 Å². The molecule has 5 heteroatoms. The summed E-state index contributed by atoms with van der Waals surface area (Å²) in [5, 5.41) is 11.1. The van der Waals surface area contributed by atoms with Crippen molar-refractivity contribution in [3.05, 3.63) is 17.0 Å². The van der Waals surface area contributed by atoms with Crippen molar-refractivity contribution in [1.29, 1.82) is 0 Å². The standard InChI is InChI=1S/C12H21N3S2/c1-8(12-9(2)14-15-10(12)3)13-11-6-16-4-5-17-7-11/h8,11,13H,4-7H2,1-3H3,(H,14,15)/t8-/m0/s1. The number of rotatable bonds is 3. The topological polar surface area (TPSA) is 40.7 Å². The van der Waals surface area contributed by atoms with E-state index in [9.17, 15) is 0 Å². The van der Waals surface area contributed by atoms with E-state index in [1.807, 2.05) is 0 Å². The Morgan fingerprint density at radius 2 is 1.94 bits per heavy atom. The van der Waals surface area contributed by atoms with Gasteiger partial charge in [-0.15, -0.1) is 0 Å². The van der Waals surface area contributed by atoms with Gasteiger partial charge in [-0.25, -0.2) is 0 Å². The summed E-state index contributed by atoms with van der Waals surface area (Å²) in [6.45, 7) is 6.42. The summed E-state index contributed by atoms with van der Waals surface area (Å²) in [4.78, 5) is 0. The van der Waals surface area contributed by atoms with Gasteiger partial charge in [0.25, 0.3) is 0 Å². The van der Waals surface area contributed by atoms with Crippen molar-refractivity contribution in [2.45, 2.75) is 32.9 Å². The molecule has 1 atom stereocenters. The molecule has 0 amide bonds. The number of aromatic nitrogens is 2. The van der Waals surface area contributed by atoms with Crippen LogP contribution in [0, 0.1) is 13.8 Å². The van der Waals surface area contributed by atoms with E-state index in [4.69, 9.17) is 0 Å². The largest absolute Gasteiger partial charge is 0.306 e. The molecular weight excluding hydrogens is 250 g/mol. The fourth-order valence-corrected chi connectivity index (χ4v) is 4.77. The zero-order chi connectivity index (χ0) is 12.3. The smallest absolute Gasteiger partial charge is 0.0641 e. The monoisotopic (exact) mass is 271 g/mol. The molecule has 0 aliphatic carbocycles. The summed E-state index contributed by atoms with van der Waals surface area (Å²) in [7, 11) is 0. The van der Waals surface area contributed by atoms with Crippen LogP contribution in [0.1, 0.15) is 29.9 Å². The molecule has 2 rings (SSSR count). The van der Waals surface area contributed by atoms with E-state index in [-0.39, 0.29) is 0 Å². The van der Waals surface area contributed by atoms with Crippen molar-refractivity contribution in [2.75, 3.05) is 23.0 Å². The molecule has 1 aromatic rings. The maximum atomic E-state index is 4.27. The van der Waals surface area contributed by atoms with Gasteiger partial charge in [-0.2, -0.15) is 28.6 Å². The highest BCUT2D eigenvalue weighted by Gasteiger charge is 2.19. The molecule has 1 fully saturated rings. The molecule has 1 aliphatic rings. The average molecular weight is 271 g/mol. The Labute approximate surface area is 112 Å². The van der Waals surface area contributed by atoms with Gasteiger partial charge < -0.3 is 5.32 Å². The molecule has 2 heterocycles. The van der Waals surface area contributed by atoms with E-state index < -0.39 is 0 Å². The van der Waals surface area contributed by atoms with Gasteiger partial charge in [-0.05, 0) is 20.8 Å². The Balaban J connectivity index is 1.98. The number of H-pyrrole nitrogens is 1. The molecule has 0 aromatic carbocycles. The molecule has 0 bridgehead atoms. The first-order valence-electron chi connectivity index (χ1n) is 6.11. The van der Waals surface area contributed by atoms with Crippen LogP contribution in [0.25, 0.3) is 0 Å². The van der Waals surface area contributed by atoms with Crippen molar-refractivity contribution in [3.63, 3.8) is 0 Å². The molecule has 0 spiro atoms. The first kappa shape index (κ1) is 13.3. The zero-order valence-electron chi connectivity index (χ0n) is 10.7. The zero-order valence-corrected chi connectivity index (χ0v) is 12.4. The maximum Gasteiger partial charge on any atom is 0.0641 e. The van der Waals surface area contributed by atoms with Gasteiger partial charge in [-0.3, -0.25) is 5.10 Å². The lowest BCUT2D eigenvalue weighted by atomic mass is 10.1. The number of hydrogen-bond donors (Lipinski definition) is 2. The van der Waals surface area contributed by atoms with Crippen LogP contribution in [0.3, 0.4) is 0 Å². The minimum absolute atomic E-state index is 0.387. The van der Waals surface area contributed by atoms with Gasteiger partial charge in [0.1, 0.15) is 0 Å². The summed E-state index contributed by atoms with van der Waals surface area (Å²) < 4.78 is 0. The molecule has 2 N–H and O–H groups in total. The van der Waals surface area contributed by atoms with E-state index in [0.29, 0.717) is 12.1 Å². The van der Waals surface area contributed by atoms with Gasteiger partial charge in [0.15, 0.2) is 0 Å². The third kappa shape index (κ3) is 3.42. The molecule has 1 aromatic heterocycles. The summed E-state index contributed by atoms with van der Waals surface area (Å²) in [6.07, 6.45) is 0. The third-order valence-electron chi connectivity index (χ3n) is 3.11. The van der Waals surface area contributed by atoms with Crippen LogP contribution in [-0.2, 0) is 0 Å². The quantitative estimate of drug-likeness (QED) is 0.886.